The van der Waals surface area contributed by atoms with Gasteiger partial charge < -0.3 is 0 Å². The molecule has 0 heterocycles. The predicted molar refractivity (Wildman–Crippen MR) is 72.2 cm³/mol. The van der Waals surface area contributed by atoms with Gasteiger partial charge in [0, 0.05) is 0 Å². The van der Waals surface area contributed by atoms with E-state index in [0.29, 0.717) is 0 Å². The molecule has 0 saturated carbocycles. The van der Waals surface area contributed by atoms with Gasteiger partial charge in [-0.15, -0.1) is 0 Å². The van der Waals surface area contributed by atoms with Crippen LogP contribution in [0.25, 0.3) is 0 Å². The van der Waals surface area contributed by atoms with E-state index >= 15 is 0 Å². The molecule has 2 aromatic rings. The van der Waals surface area contributed by atoms with Gasteiger partial charge in [0.05, 0.1) is 0 Å². The van der Waals surface area contributed by atoms with Gasteiger partial charge in [0.15, 0.2) is 0 Å². The summed E-state index contributed by atoms with van der Waals surface area (Å²) < 4.78 is 8.04. The Morgan fingerprint density at radius 3 is 2.00 bits per heavy atom. The average Bonchev–Trinajstić information content (AvgIpc) is 2.31. The molecule has 2 aromatic carbocycles. The van der Waals surface area contributed by atoms with Gasteiger partial charge in [-0.3, -0.25) is 0 Å². The van der Waals surface area contributed by atoms with Gasteiger partial charge in [-0.1, -0.05) is 0 Å². The fraction of sp³-hybridized carbons (Fsp3) is 0.0769. The van der Waals surface area contributed by atoms with Gasteiger partial charge >= 0.3 is 101 Å². The summed E-state index contributed by atoms with van der Waals surface area (Å²) in [6, 6.07) is 19.0. The van der Waals surface area contributed by atoms with Gasteiger partial charge in [0.25, 0.3) is 0 Å². The number of hydrogen-bond acceptors (Lipinski definition) is 1. The van der Waals surface area contributed by atoms with Crippen LogP contribution >= 0.6 is 21.2 Å². The fourth-order valence-electron chi connectivity index (χ4n) is 1.27. The molecule has 0 fully saturated rings. The Morgan fingerprint density at radius 1 is 0.800 bits per heavy atom. The van der Waals surface area contributed by atoms with Crippen LogP contribution in [0.5, 0.6) is 5.75 Å². The molecule has 0 amide bonds. The minimum absolute atomic E-state index is 0.231. The van der Waals surface area contributed by atoms with Crippen LogP contribution in [0.1, 0.15) is 0 Å². The summed E-state index contributed by atoms with van der Waals surface area (Å²) in [6.07, 6.45) is 0. The summed E-state index contributed by atoms with van der Waals surface area (Å²) >= 11 is -0.231. The Morgan fingerprint density at radius 2 is 1.40 bits per heavy atom. The maximum atomic E-state index is 5.13. The van der Waals surface area contributed by atoms with Crippen LogP contribution in [-0.2, 0) is 0 Å². The Kier molecular flexibility index (Phi) is 3.61. The van der Waals surface area contributed by atoms with Gasteiger partial charge in [-0.25, -0.2) is 0 Å². The van der Waals surface area contributed by atoms with Crippen LogP contribution < -0.4 is 4.74 Å². The molecule has 0 unspecified atom stereocenters. The van der Waals surface area contributed by atoms with E-state index in [1.54, 1.807) is 7.11 Å². The Bertz CT molecular complexity index is 408. The molecule has 0 aliphatic carbocycles. The van der Waals surface area contributed by atoms with Crippen LogP contribution in [0.15, 0.2) is 54.6 Å². The molecule has 2 heteroatoms. The Hall–Kier alpha value is -1.03. The molecular formula is C13H13IO. The second-order valence-electron chi connectivity index (χ2n) is 3.09. The zero-order valence-corrected chi connectivity index (χ0v) is 10.8. The summed E-state index contributed by atoms with van der Waals surface area (Å²) in [5.41, 5.74) is 0. The second-order valence-corrected chi connectivity index (χ2v) is 6.36. The van der Waals surface area contributed by atoms with Crippen LogP contribution in [0.3, 0.4) is 0 Å². The summed E-state index contributed by atoms with van der Waals surface area (Å²) in [5, 5.41) is 0. The molecule has 0 aliphatic rings. The first-order valence-electron chi connectivity index (χ1n) is 4.75. The first-order chi connectivity index (χ1) is 7.38. The van der Waals surface area contributed by atoms with E-state index in [-0.39, 0.29) is 21.2 Å². The molecule has 0 saturated heterocycles. The van der Waals surface area contributed by atoms with Crippen LogP contribution in [0.4, 0.5) is 0 Å². The molecule has 0 N–H and O–H groups in total. The summed E-state index contributed by atoms with van der Waals surface area (Å²) in [4.78, 5) is 0. The normalized spacial score (nSPS) is 10.2. The average molecular weight is 312 g/mol. The van der Waals surface area contributed by atoms with E-state index in [1.807, 2.05) is 12.1 Å². The van der Waals surface area contributed by atoms with Crippen molar-refractivity contribution in [2.24, 2.45) is 0 Å². The standard InChI is InChI=1S/C13H13IO/c1-15-13-9-7-12(8-10-13)14-11-5-3-2-4-6-11/h2-10,14H,1H3. The van der Waals surface area contributed by atoms with Crippen molar-refractivity contribution in [1.29, 1.82) is 0 Å². The van der Waals surface area contributed by atoms with Crippen molar-refractivity contribution in [2.45, 2.75) is 0 Å². The van der Waals surface area contributed by atoms with E-state index < -0.39 is 0 Å². The molecule has 0 spiro atoms. The van der Waals surface area contributed by atoms with Gasteiger partial charge in [0.2, 0.25) is 0 Å². The first-order valence-corrected chi connectivity index (χ1v) is 7.08. The minimum atomic E-state index is -0.231. The quantitative estimate of drug-likeness (QED) is 0.789. The Labute approximate surface area is 100 Å². The second kappa shape index (κ2) is 5.16. The molecule has 1 nitrogen and oxygen atoms in total. The third-order valence-electron chi connectivity index (χ3n) is 2.04. The zero-order valence-electron chi connectivity index (χ0n) is 8.51. The number of halogens is 1. The Balaban J connectivity index is 2.11. The van der Waals surface area contributed by atoms with Gasteiger partial charge in [0.1, 0.15) is 0 Å². The van der Waals surface area contributed by atoms with E-state index in [1.165, 1.54) is 7.14 Å². The molecule has 15 heavy (non-hydrogen) atoms. The zero-order chi connectivity index (χ0) is 10.5. The number of methoxy groups -OCH3 is 1. The van der Waals surface area contributed by atoms with Crippen LogP contribution in [0, 0.1) is 7.14 Å². The molecule has 0 radical (unpaired) electrons. The summed E-state index contributed by atoms with van der Waals surface area (Å²) in [6.45, 7) is 0. The van der Waals surface area contributed by atoms with Gasteiger partial charge in [-0.05, 0) is 0 Å². The van der Waals surface area contributed by atoms with Crippen molar-refractivity contribution in [3.63, 3.8) is 0 Å². The van der Waals surface area contributed by atoms with Gasteiger partial charge in [-0.2, -0.15) is 0 Å². The van der Waals surface area contributed by atoms with Crippen molar-refractivity contribution in [3.05, 3.63) is 61.7 Å². The monoisotopic (exact) mass is 312 g/mol. The third-order valence-corrected chi connectivity index (χ3v) is 4.94. The van der Waals surface area contributed by atoms with Crippen molar-refractivity contribution in [1.82, 2.24) is 0 Å². The molecule has 2 rings (SSSR count). The third kappa shape index (κ3) is 2.96. The van der Waals surface area contributed by atoms with Crippen molar-refractivity contribution >= 4 is 21.2 Å². The number of benzene rings is 2. The number of ether oxygens (including phenoxy) is 1. The van der Waals surface area contributed by atoms with Crippen molar-refractivity contribution < 1.29 is 4.74 Å². The first kappa shape index (κ1) is 10.5. The maximum absolute atomic E-state index is 5.13. The molecule has 0 aromatic heterocycles. The molecule has 0 bridgehead atoms. The van der Waals surface area contributed by atoms with Crippen LogP contribution in [0.2, 0.25) is 0 Å². The molecule has 0 atom stereocenters. The van der Waals surface area contributed by atoms with Crippen molar-refractivity contribution in [3.8, 4) is 5.75 Å². The summed E-state index contributed by atoms with van der Waals surface area (Å²) in [7, 11) is 1.70. The van der Waals surface area contributed by atoms with Crippen LogP contribution in [-0.4, -0.2) is 7.11 Å². The SMILES string of the molecule is COc1ccc([IH]c2ccccc2)cc1. The van der Waals surface area contributed by atoms with E-state index in [2.05, 4.69) is 42.5 Å². The predicted octanol–water partition coefficient (Wildman–Crippen LogP) is 3.44. The molecule has 0 aliphatic heterocycles. The van der Waals surface area contributed by atoms with Crippen molar-refractivity contribution in [2.75, 3.05) is 7.11 Å². The van der Waals surface area contributed by atoms with E-state index in [9.17, 15) is 0 Å². The molecule has 78 valence electrons. The molecular weight excluding hydrogens is 299 g/mol. The number of hydrogen-bond donors (Lipinski definition) is 0. The topological polar surface area (TPSA) is 9.23 Å². The van der Waals surface area contributed by atoms with E-state index in [4.69, 9.17) is 4.74 Å². The van der Waals surface area contributed by atoms with E-state index in [0.717, 1.165) is 5.75 Å². The number of rotatable bonds is 3. The summed E-state index contributed by atoms with van der Waals surface area (Å²) in [5.74, 6) is 0.930. The fourth-order valence-corrected chi connectivity index (χ4v) is 3.66.